The molecule has 0 saturated heterocycles. The number of ether oxygens (including phenoxy) is 1. The van der Waals surface area contributed by atoms with Crippen molar-refractivity contribution in [1.29, 1.82) is 0 Å². The van der Waals surface area contributed by atoms with Crippen LogP contribution in [0.1, 0.15) is 0 Å². The number of hydrogen-bond donors (Lipinski definition) is 3. The lowest BCUT2D eigenvalue weighted by Gasteiger charge is -2.06. The molecule has 3 heterocycles. The van der Waals surface area contributed by atoms with E-state index in [0.29, 0.717) is 17.5 Å². The third-order valence-electron chi connectivity index (χ3n) is 3.98. The van der Waals surface area contributed by atoms with E-state index in [2.05, 4.69) is 19.9 Å². The highest BCUT2D eigenvalue weighted by molar-refractivity contribution is 5.84. The van der Waals surface area contributed by atoms with Gasteiger partial charge in [-0.15, -0.1) is 0 Å². The lowest BCUT2D eigenvalue weighted by atomic mass is 10.1. The van der Waals surface area contributed by atoms with E-state index in [1.165, 1.54) is 0 Å². The van der Waals surface area contributed by atoms with Crippen molar-refractivity contribution < 1.29 is 4.74 Å². The maximum atomic E-state index is 6.07. The summed E-state index contributed by atoms with van der Waals surface area (Å²) in [5.74, 6) is 2.28. The minimum atomic E-state index is 0.401. The molecule has 4 aromatic rings. The number of pyridine rings is 2. The van der Waals surface area contributed by atoms with Crippen molar-refractivity contribution in [3.8, 4) is 28.3 Å². The number of aromatic amines is 1. The first kappa shape index (κ1) is 14.9. The van der Waals surface area contributed by atoms with Crippen LogP contribution >= 0.6 is 0 Å². The predicted molar refractivity (Wildman–Crippen MR) is 97.9 cm³/mol. The van der Waals surface area contributed by atoms with Gasteiger partial charge in [0.25, 0.3) is 0 Å². The number of anilines is 2. The van der Waals surface area contributed by atoms with Crippen molar-refractivity contribution in [2.24, 2.45) is 0 Å². The summed E-state index contributed by atoms with van der Waals surface area (Å²) in [6.45, 7) is 0. The van der Waals surface area contributed by atoms with E-state index in [1.54, 1.807) is 25.6 Å². The fraction of sp³-hybridized carbons (Fsp3) is 0.0556. The molecule has 0 fully saturated rings. The van der Waals surface area contributed by atoms with Gasteiger partial charge in [0.05, 0.1) is 23.7 Å². The number of nitrogens with one attached hydrogen (secondary N) is 1. The van der Waals surface area contributed by atoms with E-state index in [1.807, 2.05) is 30.3 Å². The first-order valence-electron chi connectivity index (χ1n) is 7.65. The Labute approximate surface area is 143 Å². The Morgan fingerprint density at radius 2 is 1.80 bits per heavy atom. The molecule has 5 N–H and O–H groups in total. The summed E-state index contributed by atoms with van der Waals surface area (Å²) >= 11 is 0. The molecular weight excluding hydrogens is 316 g/mol. The molecule has 0 unspecified atom stereocenters. The summed E-state index contributed by atoms with van der Waals surface area (Å²) < 4.78 is 5.25. The molecule has 0 spiro atoms. The van der Waals surface area contributed by atoms with Crippen LogP contribution < -0.4 is 16.2 Å². The number of methoxy groups -OCH3 is 1. The van der Waals surface area contributed by atoms with Gasteiger partial charge in [0.2, 0.25) is 0 Å². The van der Waals surface area contributed by atoms with Crippen LogP contribution in [-0.2, 0) is 0 Å². The second-order valence-corrected chi connectivity index (χ2v) is 5.60. The van der Waals surface area contributed by atoms with E-state index in [9.17, 15) is 0 Å². The van der Waals surface area contributed by atoms with Crippen LogP contribution in [0.15, 0.2) is 48.8 Å². The third-order valence-corrected chi connectivity index (χ3v) is 3.98. The van der Waals surface area contributed by atoms with Crippen LogP contribution in [0.5, 0.6) is 5.75 Å². The number of nitrogens with zero attached hydrogens (tertiary/aromatic N) is 3. The van der Waals surface area contributed by atoms with Gasteiger partial charge in [0.1, 0.15) is 23.2 Å². The van der Waals surface area contributed by atoms with Gasteiger partial charge in [0.15, 0.2) is 0 Å². The highest BCUT2D eigenvalue weighted by atomic mass is 16.5. The summed E-state index contributed by atoms with van der Waals surface area (Å²) in [6.07, 6.45) is 3.41. The van der Waals surface area contributed by atoms with E-state index in [-0.39, 0.29) is 0 Å². The Morgan fingerprint density at radius 1 is 0.960 bits per heavy atom. The van der Waals surface area contributed by atoms with Crippen molar-refractivity contribution in [3.63, 3.8) is 0 Å². The summed E-state index contributed by atoms with van der Waals surface area (Å²) in [5, 5.41) is 0. The van der Waals surface area contributed by atoms with Crippen molar-refractivity contribution in [1.82, 2.24) is 19.9 Å². The number of aromatic nitrogens is 4. The average molecular weight is 332 g/mol. The molecule has 0 saturated carbocycles. The molecule has 0 aliphatic heterocycles. The Kier molecular flexibility index (Phi) is 3.46. The number of imidazole rings is 1. The van der Waals surface area contributed by atoms with Gasteiger partial charge in [0, 0.05) is 29.6 Å². The molecule has 0 atom stereocenters. The number of fused-ring (bicyclic) bond motifs is 1. The lowest BCUT2D eigenvalue weighted by Crippen LogP contribution is -1.96. The minimum Gasteiger partial charge on any atom is -0.497 e. The summed E-state index contributed by atoms with van der Waals surface area (Å²) in [5.41, 5.74) is 15.9. The van der Waals surface area contributed by atoms with Gasteiger partial charge in [-0.2, -0.15) is 0 Å². The molecule has 0 aliphatic carbocycles. The molecule has 7 nitrogen and oxygen atoms in total. The van der Waals surface area contributed by atoms with E-state index in [0.717, 1.165) is 33.5 Å². The molecule has 0 radical (unpaired) electrons. The molecular formula is C18H16N6O. The quantitative estimate of drug-likeness (QED) is 0.531. The molecule has 0 bridgehead atoms. The first-order valence-corrected chi connectivity index (χ1v) is 7.65. The molecule has 25 heavy (non-hydrogen) atoms. The number of H-pyrrole nitrogens is 1. The van der Waals surface area contributed by atoms with Crippen LogP contribution in [0.2, 0.25) is 0 Å². The van der Waals surface area contributed by atoms with Gasteiger partial charge in [-0.05, 0) is 30.3 Å². The van der Waals surface area contributed by atoms with Gasteiger partial charge in [-0.25, -0.2) is 15.0 Å². The second-order valence-electron chi connectivity index (χ2n) is 5.60. The Bertz CT molecular complexity index is 1060. The van der Waals surface area contributed by atoms with Gasteiger partial charge in [-0.1, -0.05) is 0 Å². The maximum Gasteiger partial charge on any atom is 0.142 e. The molecule has 1 aromatic carbocycles. The van der Waals surface area contributed by atoms with Crippen LogP contribution in [0.25, 0.3) is 33.5 Å². The van der Waals surface area contributed by atoms with Crippen molar-refractivity contribution >= 4 is 22.7 Å². The van der Waals surface area contributed by atoms with Gasteiger partial charge < -0.3 is 21.2 Å². The van der Waals surface area contributed by atoms with E-state index >= 15 is 0 Å². The average Bonchev–Trinajstić information content (AvgIpc) is 3.05. The topological polar surface area (TPSA) is 116 Å². The number of benzene rings is 1. The largest absolute Gasteiger partial charge is 0.497 e. The summed E-state index contributed by atoms with van der Waals surface area (Å²) in [6, 6.07) is 11.2. The van der Waals surface area contributed by atoms with Crippen molar-refractivity contribution in [3.05, 3.63) is 48.8 Å². The Hall–Kier alpha value is -3.61. The monoisotopic (exact) mass is 332 g/mol. The Morgan fingerprint density at radius 3 is 2.56 bits per heavy atom. The van der Waals surface area contributed by atoms with Crippen molar-refractivity contribution in [2.75, 3.05) is 18.6 Å². The highest BCUT2D eigenvalue weighted by Gasteiger charge is 2.12. The normalized spacial score (nSPS) is 10.9. The Balaban J connectivity index is 1.81. The summed E-state index contributed by atoms with van der Waals surface area (Å²) in [7, 11) is 1.63. The molecule has 7 heteroatoms. The van der Waals surface area contributed by atoms with Crippen LogP contribution in [0.4, 0.5) is 11.6 Å². The smallest absolute Gasteiger partial charge is 0.142 e. The fourth-order valence-corrected chi connectivity index (χ4v) is 2.64. The number of hydrogen-bond acceptors (Lipinski definition) is 6. The molecule has 124 valence electrons. The van der Waals surface area contributed by atoms with Crippen LogP contribution in [0, 0.1) is 0 Å². The zero-order valence-electron chi connectivity index (χ0n) is 13.5. The fourth-order valence-electron chi connectivity index (χ4n) is 2.64. The first-order chi connectivity index (χ1) is 12.1. The molecule has 3 aromatic heterocycles. The standard InChI is InChI=1S/C18H16N6O/c1-25-12-3-4-14-15(7-12)24-18(23-14)13-6-11(9-22-17(13)20)10-2-5-16(19)21-8-10/h2-9H,1H3,(H2,19,21)(H2,20,22)(H,23,24). The lowest BCUT2D eigenvalue weighted by molar-refractivity contribution is 0.415. The summed E-state index contributed by atoms with van der Waals surface area (Å²) in [4.78, 5) is 16.3. The van der Waals surface area contributed by atoms with Crippen LogP contribution in [-0.4, -0.2) is 27.0 Å². The zero-order valence-corrected chi connectivity index (χ0v) is 13.5. The molecule has 0 amide bonds. The number of nitrogens with two attached hydrogens (primary N) is 2. The number of nitrogen functional groups attached to an aromatic ring is 2. The highest BCUT2D eigenvalue weighted by Crippen LogP contribution is 2.30. The van der Waals surface area contributed by atoms with Gasteiger partial charge in [-0.3, -0.25) is 0 Å². The maximum absolute atomic E-state index is 6.07. The van der Waals surface area contributed by atoms with Crippen molar-refractivity contribution in [2.45, 2.75) is 0 Å². The third kappa shape index (κ3) is 2.72. The number of rotatable bonds is 3. The van der Waals surface area contributed by atoms with Crippen LogP contribution in [0.3, 0.4) is 0 Å². The SMILES string of the molecule is COc1ccc2nc(-c3cc(-c4ccc(N)nc4)cnc3N)[nH]c2c1. The van der Waals surface area contributed by atoms with E-state index < -0.39 is 0 Å². The van der Waals surface area contributed by atoms with E-state index in [4.69, 9.17) is 16.2 Å². The molecule has 4 rings (SSSR count). The minimum absolute atomic E-state index is 0.401. The second kappa shape index (κ2) is 5.79. The predicted octanol–water partition coefficient (Wildman–Crippen LogP) is 2.86. The molecule has 0 aliphatic rings. The van der Waals surface area contributed by atoms with Gasteiger partial charge >= 0.3 is 0 Å². The zero-order chi connectivity index (χ0) is 17.4.